The summed E-state index contributed by atoms with van der Waals surface area (Å²) in [6.45, 7) is 0. The van der Waals surface area contributed by atoms with Gasteiger partial charge in [-0.05, 0) is 18.8 Å². The van der Waals surface area contributed by atoms with Crippen LogP contribution in [0.15, 0.2) is 9.59 Å². The molecule has 0 bridgehead atoms. The van der Waals surface area contributed by atoms with Crippen molar-refractivity contribution < 1.29 is 9.90 Å². The fraction of sp³-hybridized carbons (Fsp3) is 0.500. The van der Waals surface area contributed by atoms with E-state index in [0.29, 0.717) is 0 Å². The molecule has 3 N–H and O–H groups in total. The number of imidazole rings is 1. The lowest BCUT2D eigenvalue weighted by molar-refractivity contribution is -0.138. The number of hydrogen-bond acceptors (Lipinski definition) is 5. The van der Waals surface area contributed by atoms with Crippen molar-refractivity contribution in [3.63, 3.8) is 0 Å². The molecule has 9 heteroatoms. The van der Waals surface area contributed by atoms with E-state index in [-0.39, 0.29) is 23.0 Å². The van der Waals surface area contributed by atoms with Crippen LogP contribution in [0.2, 0.25) is 0 Å². The topological polar surface area (TPSA) is 122 Å². The highest BCUT2D eigenvalue weighted by atomic mass is 16.4. The maximum Gasteiger partial charge on any atom is 0.332 e. The molecule has 21 heavy (non-hydrogen) atoms. The van der Waals surface area contributed by atoms with E-state index in [9.17, 15) is 19.5 Å². The van der Waals surface area contributed by atoms with Gasteiger partial charge in [-0.25, -0.2) is 9.59 Å². The Kier molecular flexibility index (Phi) is 2.85. The molecular weight excluding hydrogens is 278 g/mol. The first-order valence-electron chi connectivity index (χ1n) is 6.55. The number of carboxylic acids is 1. The van der Waals surface area contributed by atoms with Crippen LogP contribution < -0.4 is 16.6 Å². The number of nitrogens with zero attached hydrogens (tertiary/aromatic N) is 3. The van der Waals surface area contributed by atoms with Crippen molar-refractivity contribution >= 4 is 23.1 Å². The van der Waals surface area contributed by atoms with E-state index in [1.54, 1.807) is 0 Å². The number of anilines is 1. The summed E-state index contributed by atoms with van der Waals surface area (Å²) >= 11 is 0. The number of H-pyrrole nitrogens is 1. The third-order valence-corrected chi connectivity index (χ3v) is 3.75. The normalized spacial score (nSPS) is 16.1. The maximum absolute atomic E-state index is 12.0. The predicted molar refractivity (Wildman–Crippen MR) is 74.3 cm³/mol. The molecule has 1 unspecified atom stereocenters. The molecule has 0 aliphatic heterocycles. The molecule has 0 saturated heterocycles. The van der Waals surface area contributed by atoms with E-state index in [1.807, 2.05) is 0 Å². The Labute approximate surface area is 118 Å². The zero-order chi connectivity index (χ0) is 15.3. The first-order valence-corrected chi connectivity index (χ1v) is 6.55. The Morgan fingerprint density at radius 3 is 2.62 bits per heavy atom. The smallest absolute Gasteiger partial charge is 0.332 e. The van der Waals surface area contributed by atoms with Crippen LogP contribution >= 0.6 is 0 Å². The second-order valence-electron chi connectivity index (χ2n) is 5.29. The number of aliphatic carboxylic acids is 1. The van der Waals surface area contributed by atoms with Crippen molar-refractivity contribution in [2.75, 3.05) is 5.32 Å². The first-order chi connectivity index (χ1) is 9.90. The highest BCUT2D eigenvalue weighted by molar-refractivity contribution is 5.79. The molecule has 0 radical (unpaired) electrons. The Morgan fingerprint density at radius 1 is 1.38 bits per heavy atom. The molecule has 2 aromatic rings. The Hall–Kier alpha value is -2.58. The number of rotatable bonds is 4. The molecule has 0 amide bonds. The van der Waals surface area contributed by atoms with Gasteiger partial charge in [-0.3, -0.25) is 13.9 Å². The van der Waals surface area contributed by atoms with Crippen molar-refractivity contribution in [3.8, 4) is 0 Å². The molecule has 3 rings (SSSR count). The lowest BCUT2D eigenvalue weighted by Crippen LogP contribution is -2.36. The Morgan fingerprint density at radius 2 is 2.05 bits per heavy atom. The van der Waals surface area contributed by atoms with Crippen LogP contribution in [0.4, 0.5) is 5.95 Å². The summed E-state index contributed by atoms with van der Waals surface area (Å²) < 4.78 is 2.21. The van der Waals surface area contributed by atoms with Crippen molar-refractivity contribution in [3.05, 3.63) is 20.8 Å². The monoisotopic (exact) mass is 293 g/mol. The van der Waals surface area contributed by atoms with Crippen LogP contribution in [-0.4, -0.2) is 36.2 Å². The standard InChI is InChI=1S/C12H15N5O4/c1-16-8-7(9(18)17(2)12(16)21)14-11(15-8)13-6(10(19)20)5-3-4-5/h5-6H,3-4H2,1-2H3,(H,19,20)(H2,13,14,15). The Bertz CT molecular complexity index is 842. The summed E-state index contributed by atoms with van der Waals surface area (Å²) in [7, 11) is 2.88. The van der Waals surface area contributed by atoms with Crippen LogP contribution in [0.25, 0.3) is 11.2 Å². The van der Waals surface area contributed by atoms with Crippen molar-refractivity contribution in [2.24, 2.45) is 20.0 Å². The summed E-state index contributed by atoms with van der Waals surface area (Å²) in [5, 5.41) is 12.0. The van der Waals surface area contributed by atoms with E-state index in [1.165, 1.54) is 18.7 Å². The fourth-order valence-electron chi connectivity index (χ4n) is 2.35. The molecule has 0 spiro atoms. The van der Waals surface area contributed by atoms with Gasteiger partial charge in [0.05, 0.1) is 0 Å². The SMILES string of the molecule is Cn1c(=O)c2[nH]c(NC(C(=O)O)C3CC3)nc2n(C)c1=O. The summed E-state index contributed by atoms with van der Waals surface area (Å²) in [5.41, 5.74) is -0.609. The second-order valence-corrected chi connectivity index (χ2v) is 5.29. The van der Waals surface area contributed by atoms with Gasteiger partial charge in [0, 0.05) is 14.1 Å². The van der Waals surface area contributed by atoms with Gasteiger partial charge >= 0.3 is 11.7 Å². The maximum atomic E-state index is 12.0. The zero-order valence-corrected chi connectivity index (χ0v) is 11.6. The average Bonchev–Trinajstić information content (AvgIpc) is 3.19. The van der Waals surface area contributed by atoms with Crippen LogP contribution in [0.5, 0.6) is 0 Å². The number of nitrogens with one attached hydrogen (secondary N) is 2. The van der Waals surface area contributed by atoms with E-state index in [0.717, 1.165) is 17.4 Å². The highest BCUT2D eigenvalue weighted by Gasteiger charge is 2.36. The molecule has 2 aromatic heterocycles. The van der Waals surface area contributed by atoms with Crippen LogP contribution in [0, 0.1) is 5.92 Å². The molecule has 2 heterocycles. The summed E-state index contributed by atoms with van der Waals surface area (Å²) in [4.78, 5) is 41.9. The van der Waals surface area contributed by atoms with Gasteiger partial charge in [-0.1, -0.05) is 0 Å². The predicted octanol–water partition coefficient (Wildman–Crippen LogP) is -0.765. The van der Waals surface area contributed by atoms with Crippen LogP contribution in [0.1, 0.15) is 12.8 Å². The number of fused-ring (bicyclic) bond motifs is 1. The molecule has 112 valence electrons. The summed E-state index contributed by atoms with van der Waals surface area (Å²) in [5.74, 6) is -0.704. The van der Waals surface area contributed by atoms with E-state index in [2.05, 4.69) is 15.3 Å². The van der Waals surface area contributed by atoms with E-state index >= 15 is 0 Å². The van der Waals surface area contributed by atoms with Gasteiger partial charge < -0.3 is 15.4 Å². The van der Waals surface area contributed by atoms with Gasteiger partial charge in [0.1, 0.15) is 6.04 Å². The van der Waals surface area contributed by atoms with Gasteiger partial charge in [-0.2, -0.15) is 4.98 Å². The minimum absolute atomic E-state index is 0.0716. The lowest BCUT2D eigenvalue weighted by Gasteiger charge is -2.11. The molecule has 1 saturated carbocycles. The van der Waals surface area contributed by atoms with Crippen LogP contribution in [-0.2, 0) is 18.9 Å². The largest absolute Gasteiger partial charge is 0.480 e. The van der Waals surface area contributed by atoms with Crippen molar-refractivity contribution in [2.45, 2.75) is 18.9 Å². The molecule has 1 aliphatic rings. The highest BCUT2D eigenvalue weighted by Crippen LogP contribution is 2.34. The summed E-state index contributed by atoms with van der Waals surface area (Å²) in [6, 6.07) is -0.744. The molecule has 1 atom stereocenters. The average molecular weight is 293 g/mol. The first kappa shape index (κ1) is 13.4. The number of aromatic amines is 1. The molecule has 1 aliphatic carbocycles. The third kappa shape index (κ3) is 2.10. The minimum atomic E-state index is -0.959. The molecule has 0 aromatic carbocycles. The Balaban J connectivity index is 2.07. The van der Waals surface area contributed by atoms with Gasteiger partial charge in [-0.15, -0.1) is 0 Å². The number of aryl methyl sites for hydroxylation is 1. The summed E-state index contributed by atoms with van der Waals surface area (Å²) in [6.07, 6.45) is 1.70. The van der Waals surface area contributed by atoms with Gasteiger partial charge in [0.15, 0.2) is 11.2 Å². The number of carbonyl (C=O) groups is 1. The molecular formula is C12H15N5O4. The minimum Gasteiger partial charge on any atom is -0.480 e. The number of aromatic nitrogens is 4. The quantitative estimate of drug-likeness (QED) is 0.681. The van der Waals surface area contributed by atoms with Crippen molar-refractivity contribution in [1.29, 1.82) is 0 Å². The molecule has 9 nitrogen and oxygen atoms in total. The number of carboxylic acid groups (broad SMARTS) is 1. The number of hydrogen-bond donors (Lipinski definition) is 3. The fourth-order valence-corrected chi connectivity index (χ4v) is 2.35. The second kappa shape index (κ2) is 4.47. The van der Waals surface area contributed by atoms with E-state index in [4.69, 9.17) is 0 Å². The van der Waals surface area contributed by atoms with Gasteiger partial charge in [0.2, 0.25) is 5.95 Å². The lowest BCUT2D eigenvalue weighted by atomic mass is 10.2. The van der Waals surface area contributed by atoms with Crippen molar-refractivity contribution in [1.82, 2.24) is 19.1 Å². The van der Waals surface area contributed by atoms with Crippen LogP contribution in [0.3, 0.4) is 0 Å². The zero-order valence-electron chi connectivity index (χ0n) is 11.6. The third-order valence-electron chi connectivity index (χ3n) is 3.75. The van der Waals surface area contributed by atoms with Gasteiger partial charge in [0.25, 0.3) is 5.56 Å². The van der Waals surface area contributed by atoms with E-state index < -0.39 is 23.3 Å². The molecule has 1 fully saturated rings.